The molecule has 1 atom stereocenters. The first-order valence-corrected chi connectivity index (χ1v) is 6.33. The van der Waals surface area contributed by atoms with E-state index >= 15 is 0 Å². The minimum absolute atomic E-state index is 0.220. The van der Waals surface area contributed by atoms with Gasteiger partial charge in [-0.25, -0.2) is 0 Å². The van der Waals surface area contributed by atoms with Gasteiger partial charge in [-0.3, -0.25) is 4.79 Å². The van der Waals surface area contributed by atoms with Crippen molar-refractivity contribution in [3.05, 3.63) is 0 Å². The average molecular weight is 226 g/mol. The van der Waals surface area contributed by atoms with Gasteiger partial charge in [0.2, 0.25) is 5.91 Å². The van der Waals surface area contributed by atoms with Gasteiger partial charge in [-0.15, -0.1) is 0 Å². The molecule has 4 heteroatoms. The molecule has 4 nitrogen and oxygen atoms in total. The summed E-state index contributed by atoms with van der Waals surface area (Å²) in [6.45, 7) is 3.63. The molecule has 0 aromatic rings. The number of rotatable bonds is 3. The molecule has 2 fully saturated rings. The van der Waals surface area contributed by atoms with Gasteiger partial charge in [-0.1, -0.05) is 0 Å². The molecule has 0 spiro atoms. The minimum atomic E-state index is 0.220. The van der Waals surface area contributed by atoms with Crippen LogP contribution in [0.25, 0.3) is 0 Å². The monoisotopic (exact) mass is 226 g/mol. The standard InChI is InChI=1S/C12H22N2O2/c1-14-6-4-10(5-7-14)12(15)13-9-11-3-2-8-16-11/h10-11H,2-9H2,1H3,(H,13,15)/t11-/m1/s1. The molecular weight excluding hydrogens is 204 g/mol. The third-order valence-corrected chi connectivity index (χ3v) is 3.62. The number of hydrogen-bond donors (Lipinski definition) is 1. The van der Waals surface area contributed by atoms with Crippen LogP contribution in [0.15, 0.2) is 0 Å². The number of nitrogens with zero attached hydrogens (tertiary/aromatic N) is 1. The van der Waals surface area contributed by atoms with E-state index in [9.17, 15) is 4.79 Å². The first-order chi connectivity index (χ1) is 7.75. The maximum Gasteiger partial charge on any atom is 0.223 e. The van der Waals surface area contributed by atoms with Crippen LogP contribution in [0.2, 0.25) is 0 Å². The summed E-state index contributed by atoms with van der Waals surface area (Å²) in [5, 5.41) is 3.03. The Balaban J connectivity index is 1.67. The summed E-state index contributed by atoms with van der Waals surface area (Å²) in [5.41, 5.74) is 0. The fourth-order valence-electron chi connectivity index (χ4n) is 2.43. The van der Waals surface area contributed by atoms with Crippen LogP contribution >= 0.6 is 0 Å². The van der Waals surface area contributed by atoms with Crippen molar-refractivity contribution in [1.29, 1.82) is 0 Å². The first kappa shape index (κ1) is 11.9. The second-order valence-electron chi connectivity index (χ2n) is 4.96. The Hall–Kier alpha value is -0.610. The predicted octanol–water partition coefficient (Wildman–Crippen LogP) is 0.623. The van der Waals surface area contributed by atoms with Gasteiger partial charge in [0, 0.05) is 19.1 Å². The molecule has 0 saturated carbocycles. The van der Waals surface area contributed by atoms with E-state index in [1.165, 1.54) is 0 Å². The number of piperidine rings is 1. The fraction of sp³-hybridized carbons (Fsp3) is 0.917. The summed E-state index contributed by atoms with van der Waals surface area (Å²) in [7, 11) is 2.11. The van der Waals surface area contributed by atoms with Crippen molar-refractivity contribution in [3.8, 4) is 0 Å². The molecule has 2 heterocycles. The molecule has 1 N–H and O–H groups in total. The average Bonchev–Trinajstić information content (AvgIpc) is 2.80. The normalized spacial score (nSPS) is 28.2. The molecule has 2 aliphatic rings. The number of hydrogen-bond acceptors (Lipinski definition) is 3. The van der Waals surface area contributed by atoms with Crippen molar-refractivity contribution in [3.63, 3.8) is 0 Å². The number of nitrogens with one attached hydrogen (secondary N) is 1. The number of amides is 1. The van der Waals surface area contributed by atoms with Crippen LogP contribution in [0.3, 0.4) is 0 Å². The smallest absolute Gasteiger partial charge is 0.223 e. The van der Waals surface area contributed by atoms with E-state index in [2.05, 4.69) is 17.3 Å². The molecule has 0 bridgehead atoms. The molecule has 92 valence electrons. The molecule has 1 amide bonds. The number of carbonyl (C=O) groups excluding carboxylic acids is 1. The van der Waals surface area contributed by atoms with Crippen molar-refractivity contribution in [2.75, 3.05) is 33.3 Å². The summed E-state index contributed by atoms with van der Waals surface area (Å²) < 4.78 is 5.48. The molecule has 0 unspecified atom stereocenters. The lowest BCUT2D eigenvalue weighted by molar-refractivity contribution is -0.126. The highest BCUT2D eigenvalue weighted by molar-refractivity contribution is 5.78. The third-order valence-electron chi connectivity index (χ3n) is 3.62. The molecule has 2 rings (SSSR count). The topological polar surface area (TPSA) is 41.6 Å². The summed E-state index contributed by atoms with van der Waals surface area (Å²) in [6, 6.07) is 0. The zero-order valence-electron chi connectivity index (χ0n) is 10.1. The Labute approximate surface area is 97.3 Å². The van der Waals surface area contributed by atoms with Gasteiger partial charge in [0.15, 0.2) is 0 Å². The third kappa shape index (κ3) is 3.19. The van der Waals surface area contributed by atoms with Crippen LogP contribution < -0.4 is 5.32 Å². The van der Waals surface area contributed by atoms with E-state index in [4.69, 9.17) is 4.74 Å². The number of ether oxygens (including phenoxy) is 1. The lowest BCUT2D eigenvalue weighted by Crippen LogP contribution is -2.41. The van der Waals surface area contributed by atoms with E-state index in [0.29, 0.717) is 6.54 Å². The molecule has 0 aliphatic carbocycles. The molecule has 16 heavy (non-hydrogen) atoms. The summed E-state index contributed by atoms with van der Waals surface area (Å²) in [6.07, 6.45) is 4.47. The largest absolute Gasteiger partial charge is 0.376 e. The summed E-state index contributed by atoms with van der Waals surface area (Å²) in [4.78, 5) is 14.2. The van der Waals surface area contributed by atoms with Gasteiger partial charge >= 0.3 is 0 Å². The van der Waals surface area contributed by atoms with Crippen LogP contribution in [0.1, 0.15) is 25.7 Å². The van der Waals surface area contributed by atoms with E-state index in [1.807, 2.05) is 0 Å². The van der Waals surface area contributed by atoms with Gasteiger partial charge < -0.3 is 15.0 Å². The Morgan fingerprint density at radius 1 is 1.38 bits per heavy atom. The zero-order chi connectivity index (χ0) is 11.4. The van der Waals surface area contributed by atoms with Crippen molar-refractivity contribution >= 4 is 5.91 Å². The van der Waals surface area contributed by atoms with E-state index < -0.39 is 0 Å². The highest BCUT2D eigenvalue weighted by atomic mass is 16.5. The molecule has 2 aliphatic heterocycles. The molecule has 0 aromatic carbocycles. The Bertz CT molecular complexity index is 231. The second kappa shape index (κ2) is 5.64. The van der Waals surface area contributed by atoms with Gasteiger partial charge in [0.1, 0.15) is 0 Å². The van der Waals surface area contributed by atoms with E-state index in [-0.39, 0.29) is 17.9 Å². The van der Waals surface area contributed by atoms with E-state index in [1.54, 1.807) is 0 Å². The minimum Gasteiger partial charge on any atom is -0.376 e. The van der Waals surface area contributed by atoms with E-state index in [0.717, 1.165) is 45.4 Å². The SMILES string of the molecule is CN1CCC(C(=O)NC[C@H]2CCCO2)CC1. The van der Waals surface area contributed by atoms with Crippen LogP contribution in [-0.4, -0.2) is 50.2 Å². The summed E-state index contributed by atoms with van der Waals surface area (Å²) in [5.74, 6) is 0.446. The van der Waals surface area contributed by atoms with Gasteiger partial charge in [-0.2, -0.15) is 0 Å². The van der Waals surface area contributed by atoms with Crippen molar-refractivity contribution < 1.29 is 9.53 Å². The van der Waals surface area contributed by atoms with Gasteiger partial charge in [0.25, 0.3) is 0 Å². The van der Waals surface area contributed by atoms with Crippen LogP contribution in [-0.2, 0) is 9.53 Å². The first-order valence-electron chi connectivity index (χ1n) is 6.33. The van der Waals surface area contributed by atoms with Gasteiger partial charge in [0.05, 0.1) is 6.10 Å². The lowest BCUT2D eigenvalue weighted by Gasteiger charge is -2.28. The Kier molecular flexibility index (Phi) is 4.18. The predicted molar refractivity (Wildman–Crippen MR) is 62.2 cm³/mol. The van der Waals surface area contributed by atoms with Crippen molar-refractivity contribution in [2.24, 2.45) is 5.92 Å². The molecule has 0 radical (unpaired) electrons. The highest BCUT2D eigenvalue weighted by Crippen LogP contribution is 2.16. The van der Waals surface area contributed by atoms with Crippen LogP contribution in [0.4, 0.5) is 0 Å². The second-order valence-corrected chi connectivity index (χ2v) is 4.96. The molecular formula is C12H22N2O2. The van der Waals surface area contributed by atoms with Crippen LogP contribution in [0.5, 0.6) is 0 Å². The highest BCUT2D eigenvalue weighted by Gasteiger charge is 2.24. The number of likely N-dealkylation sites (tertiary alicyclic amines) is 1. The lowest BCUT2D eigenvalue weighted by atomic mass is 9.96. The van der Waals surface area contributed by atoms with Crippen molar-refractivity contribution in [2.45, 2.75) is 31.8 Å². The summed E-state index contributed by atoms with van der Waals surface area (Å²) >= 11 is 0. The van der Waals surface area contributed by atoms with Crippen LogP contribution in [0, 0.1) is 5.92 Å². The Morgan fingerprint density at radius 2 is 2.12 bits per heavy atom. The quantitative estimate of drug-likeness (QED) is 0.767. The molecule has 2 saturated heterocycles. The maximum absolute atomic E-state index is 11.9. The molecule has 0 aromatic heterocycles. The number of carbonyl (C=O) groups is 1. The fourth-order valence-corrected chi connectivity index (χ4v) is 2.43. The van der Waals surface area contributed by atoms with Gasteiger partial charge in [-0.05, 0) is 45.8 Å². The van der Waals surface area contributed by atoms with Crippen molar-refractivity contribution in [1.82, 2.24) is 10.2 Å². The Morgan fingerprint density at radius 3 is 2.75 bits per heavy atom. The maximum atomic E-state index is 11.9. The zero-order valence-corrected chi connectivity index (χ0v) is 10.1.